The molecule has 5 atom stereocenters. The Labute approximate surface area is 198 Å². The van der Waals surface area contributed by atoms with E-state index in [2.05, 4.69) is 0 Å². The molecule has 1 aliphatic heterocycles. The van der Waals surface area contributed by atoms with Crippen molar-refractivity contribution in [3.05, 3.63) is 108 Å². The van der Waals surface area contributed by atoms with Crippen molar-refractivity contribution >= 4 is 5.97 Å². The van der Waals surface area contributed by atoms with E-state index in [0.717, 1.165) is 11.1 Å². The number of aliphatic hydroxyl groups excluding tert-OH is 2. The van der Waals surface area contributed by atoms with E-state index in [4.69, 9.17) is 18.9 Å². The molecule has 178 valence electrons. The van der Waals surface area contributed by atoms with Gasteiger partial charge in [-0.15, -0.1) is 0 Å². The summed E-state index contributed by atoms with van der Waals surface area (Å²) < 4.78 is 22.9. The van der Waals surface area contributed by atoms with Gasteiger partial charge in [-0.3, -0.25) is 0 Å². The van der Waals surface area contributed by atoms with Crippen molar-refractivity contribution in [1.82, 2.24) is 0 Å². The van der Waals surface area contributed by atoms with E-state index in [9.17, 15) is 15.0 Å². The Kier molecular flexibility index (Phi) is 8.41. The van der Waals surface area contributed by atoms with E-state index < -0.39 is 36.7 Å². The number of hydrogen-bond donors (Lipinski definition) is 2. The number of carbonyl (C=O) groups excluding carboxylic acids is 1. The maximum absolute atomic E-state index is 12.3. The van der Waals surface area contributed by atoms with Crippen LogP contribution in [0.3, 0.4) is 0 Å². The zero-order chi connectivity index (χ0) is 23.8. The van der Waals surface area contributed by atoms with Crippen molar-refractivity contribution in [2.24, 2.45) is 0 Å². The molecular formula is C27H28O7. The zero-order valence-corrected chi connectivity index (χ0v) is 18.6. The predicted molar refractivity (Wildman–Crippen MR) is 124 cm³/mol. The van der Waals surface area contributed by atoms with Crippen LogP contribution < -0.4 is 0 Å². The van der Waals surface area contributed by atoms with Gasteiger partial charge in [0.25, 0.3) is 0 Å². The van der Waals surface area contributed by atoms with E-state index in [-0.39, 0.29) is 19.8 Å². The maximum atomic E-state index is 12.3. The number of aliphatic hydroxyl groups is 2. The Bertz CT molecular complexity index is 1010. The summed E-state index contributed by atoms with van der Waals surface area (Å²) in [7, 11) is 0. The third kappa shape index (κ3) is 6.28. The molecule has 1 fully saturated rings. The van der Waals surface area contributed by atoms with Crippen LogP contribution >= 0.6 is 0 Å². The van der Waals surface area contributed by atoms with Crippen LogP contribution in [0.4, 0.5) is 0 Å². The molecule has 0 unspecified atom stereocenters. The highest BCUT2D eigenvalue weighted by Crippen LogP contribution is 2.27. The topological polar surface area (TPSA) is 94.5 Å². The van der Waals surface area contributed by atoms with Gasteiger partial charge in [-0.2, -0.15) is 0 Å². The third-order valence-electron chi connectivity index (χ3n) is 5.60. The molecule has 1 heterocycles. The monoisotopic (exact) mass is 464 g/mol. The van der Waals surface area contributed by atoms with E-state index in [1.807, 2.05) is 60.7 Å². The van der Waals surface area contributed by atoms with Crippen molar-refractivity contribution < 1.29 is 34.0 Å². The van der Waals surface area contributed by atoms with Gasteiger partial charge in [-0.1, -0.05) is 78.9 Å². The molecule has 7 nitrogen and oxygen atoms in total. The number of ether oxygens (including phenoxy) is 4. The van der Waals surface area contributed by atoms with Crippen LogP contribution in [-0.4, -0.2) is 53.5 Å². The molecule has 0 saturated carbocycles. The first-order valence-corrected chi connectivity index (χ1v) is 11.2. The summed E-state index contributed by atoms with van der Waals surface area (Å²) in [5, 5.41) is 21.7. The summed E-state index contributed by atoms with van der Waals surface area (Å²) in [4.78, 5) is 12.3. The molecule has 0 amide bonds. The van der Waals surface area contributed by atoms with Crippen LogP contribution in [0.1, 0.15) is 21.5 Å². The standard InChI is InChI=1S/C27H28O7/c28-23-22(18-33-26(29)21-14-8-3-9-15-21)34-27(30)25(32-17-20-12-6-2-7-13-20)24(23)31-16-19-10-4-1-5-11-19/h1-15,22-25,27-28,30H,16-18H2/t22-,23-,24-,25+,27+/m0/s1. The normalized spacial score (nSPS) is 24.5. The van der Waals surface area contributed by atoms with Crippen LogP contribution in [-0.2, 0) is 32.2 Å². The summed E-state index contributed by atoms with van der Waals surface area (Å²) in [5.41, 5.74) is 2.20. The number of esters is 1. The Morgan fingerprint density at radius 1 is 0.735 bits per heavy atom. The van der Waals surface area contributed by atoms with Crippen molar-refractivity contribution in [3.8, 4) is 0 Å². The first-order valence-electron chi connectivity index (χ1n) is 11.2. The van der Waals surface area contributed by atoms with Crippen LogP contribution in [0.25, 0.3) is 0 Å². The van der Waals surface area contributed by atoms with E-state index >= 15 is 0 Å². The van der Waals surface area contributed by atoms with Gasteiger partial charge in [-0.05, 0) is 23.3 Å². The van der Waals surface area contributed by atoms with Crippen LogP contribution in [0.5, 0.6) is 0 Å². The van der Waals surface area contributed by atoms with Gasteiger partial charge in [-0.25, -0.2) is 4.79 Å². The lowest BCUT2D eigenvalue weighted by Gasteiger charge is -2.42. The lowest BCUT2D eigenvalue weighted by Crippen LogP contribution is -2.60. The second-order valence-electron chi connectivity index (χ2n) is 8.04. The first kappa shape index (κ1) is 24.1. The van der Waals surface area contributed by atoms with Crippen molar-refractivity contribution in [3.63, 3.8) is 0 Å². The molecule has 34 heavy (non-hydrogen) atoms. The van der Waals surface area contributed by atoms with Crippen molar-refractivity contribution in [2.75, 3.05) is 6.61 Å². The summed E-state index contributed by atoms with van der Waals surface area (Å²) in [6, 6.07) is 27.5. The smallest absolute Gasteiger partial charge is 0.338 e. The van der Waals surface area contributed by atoms with Crippen LogP contribution in [0.2, 0.25) is 0 Å². The fraction of sp³-hybridized carbons (Fsp3) is 0.296. The molecule has 0 radical (unpaired) electrons. The minimum Gasteiger partial charge on any atom is -0.459 e. The summed E-state index contributed by atoms with van der Waals surface area (Å²) in [5.74, 6) is -0.546. The highest BCUT2D eigenvalue weighted by molar-refractivity contribution is 5.89. The van der Waals surface area contributed by atoms with Gasteiger partial charge in [0.15, 0.2) is 6.29 Å². The highest BCUT2D eigenvalue weighted by atomic mass is 16.7. The molecule has 1 aliphatic rings. The number of benzene rings is 3. The lowest BCUT2D eigenvalue weighted by atomic mass is 9.98. The Balaban J connectivity index is 1.44. The van der Waals surface area contributed by atoms with Gasteiger partial charge in [0.1, 0.15) is 31.0 Å². The lowest BCUT2D eigenvalue weighted by molar-refractivity contribution is -0.307. The average Bonchev–Trinajstić information content (AvgIpc) is 2.89. The number of hydrogen-bond acceptors (Lipinski definition) is 7. The SMILES string of the molecule is O=C(OC[C@@H]1O[C@@H](O)[C@H](OCc2ccccc2)[C@@H](OCc2ccccc2)[C@H]1O)c1ccccc1. The highest BCUT2D eigenvalue weighted by Gasteiger charge is 2.46. The van der Waals surface area contributed by atoms with Gasteiger partial charge in [0, 0.05) is 0 Å². The number of rotatable bonds is 9. The summed E-state index contributed by atoms with van der Waals surface area (Å²) in [6.07, 6.45) is -5.42. The maximum Gasteiger partial charge on any atom is 0.338 e. The van der Waals surface area contributed by atoms with Crippen molar-refractivity contribution in [2.45, 2.75) is 43.9 Å². The molecule has 0 bridgehead atoms. The molecule has 0 aromatic heterocycles. The Hall–Kier alpha value is -3.07. The predicted octanol–water partition coefficient (Wildman–Crippen LogP) is 3.09. The van der Waals surface area contributed by atoms with Crippen LogP contribution in [0, 0.1) is 0 Å². The molecule has 2 N–H and O–H groups in total. The average molecular weight is 465 g/mol. The van der Waals surface area contributed by atoms with E-state index in [0.29, 0.717) is 5.56 Å². The molecule has 4 rings (SSSR count). The summed E-state index contributed by atoms with van der Waals surface area (Å²) in [6.45, 7) is 0.164. The second-order valence-corrected chi connectivity index (χ2v) is 8.04. The van der Waals surface area contributed by atoms with Gasteiger partial charge in [0.05, 0.1) is 18.8 Å². The molecule has 7 heteroatoms. The second kappa shape index (κ2) is 11.9. The Morgan fingerprint density at radius 3 is 1.79 bits per heavy atom. The molecular weight excluding hydrogens is 436 g/mol. The van der Waals surface area contributed by atoms with E-state index in [1.54, 1.807) is 30.3 Å². The first-order chi connectivity index (χ1) is 16.6. The van der Waals surface area contributed by atoms with Crippen LogP contribution in [0.15, 0.2) is 91.0 Å². The molecule has 1 saturated heterocycles. The van der Waals surface area contributed by atoms with Crippen molar-refractivity contribution in [1.29, 1.82) is 0 Å². The molecule has 3 aromatic rings. The van der Waals surface area contributed by atoms with Gasteiger partial charge >= 0.3 is 5.97 Å². The minimum atomic E-state index is -1.38. The molecule has 0 spiro atoms. The quantitative estimate of drug-likeness (QED) is 0.470. The van der Waals surface area contributed by atoms with E-state index in [1.165, 1.54) is 0 Å². The minimum absolute atomic E-state index is 0.205. The van der Waals surface area contributed by atoms with Gasteiger partial charge in [0.2, 0.25) is 0 Å². The third-order valence-corrected chi connectivity index (χ3v) is 5.60. The number of carbonyl (C=O) groups is 1. The van der Waals surface area contributed by atoms with Gasteiger partial charge < -0.3 is 29.2 Å². The fourth-order valence-electron chi connectivity index (χ4n) is 3.76. The largest absolute Gasteiger partial charge is 0.459 e. The summed E-state index contributed by atoms with van der Waals surface area (Å²) >= 11 is 0. The zero-order valence-electron chi connectivity index (χ0n) is 18.6. The molecule has 3 aromatic carbocycles. The fourth-order valence-corrected chi connectivity index (χ4v) is 3.76. The Morgan fingerprint density at radius 2 is 1.24 bits per heavy atom. The molecule has 0 aliphatic carbocycles.